The summed E-state index contributed by atoms with van der Waals surface area (Å²) in [5, 5.41) is 5.08. The molecule has 0 atom stereocenters. The van der Waals surface area contributed by atoms with E-state index in [1.54, 1.807) is 0 Å². The van der Waals surface area contributed by atoms with Crippen LogP contribution in [0.4, 0.5) is 17.1 Å². The van der Waals surface area contributed by atoms with Crippen LogP contribution in [0.5, 0.6) is 0 Å². The zero-order valence-corrected chi connectivity index (χ0v) is 28.2. The van der Waals surface area contributed by atoms with Crippen molar-refractivity contribution >= 4 is 38.6 Å². The van der Waals surface area contributed by atoms with Crippen molar-refractivity contribution in [1.82, 2.24) is 0 Å². The molecule has 0 radical (unpaired) electrons. The molecule has 1 heteroatoms. The first kappa shape index (κ1) is 30.4. The van der Waals surface area contributed by atoms with Crippen molar-refractivity contribution in [2.45, 2.75) is 0 Å². The number of anilines is 3. The van der Waals surface area contributed by atoms with Crippen molar-refractivity contribution in [3.05, 3.63) is 212 Å². The van der Waals surface area contributed by atoms with E-state index in [4.69, 9.17) is 0 Å². The van der Waals surface area contributed by atoms with Gasteiger partial charge in [0, 0.05) is 16.9 Å². The molecular weight excluding hydrogens is 615 g/mol. The first-order chi connectivity index (χ1) is 25.3. The molecule has 9 aromatic carbocycles. The van der Waals surface area contributed by atoms with E-state index in [1.807, 2.05) is 0 Å². The largest absolute Gasteiger partial charge is 0.310 e. The van der Waals surface area contributed by atoms with Crippen LogP contribution in [-0.4, -0.2) is 0 Å². The van der Waals surface area contributed by atoms with E-state index in [-0.39, 0.29) is 0 Å². The van der Waals surface area contributed by atoms with E-state index in [0.29, 0.717) is 0 Å². The summed E-state index contributed by atoms with van der Waals surface area (Å²) in [6.07, 6.45) is 0. The first-order valence-corrected chi connectivity index (χ1v) is 17.5. The molecule has 0 unspecified atom stereocenters. The van der Waals surface area contributed by atoms with Gasteiger partial charge < -0.3 is 4.90 Å². The molecule has 9 aromatic rings. The third-order valence-corrected chi connectivity index (χ3v) is 9.87. The van der Waals surface area contributed by atoms with Gasteiger partial charge in [0.25, 0.3) is 0 Å². The summed E-state index contributed by atoms with van der Waals surface area (Å²) in [4.78, 5) is 2.40. The molecule has 0 aliphatic rings. The van der Waals surface area contributed by atoms with Crippen LogP contribution < -0.4 is 4.90 Å². The second kappa shape index (κ2) is 13.3. The third kappa shape index (κ3) is 5.86. The molecule has 0 N–H and O–H groups in total. The van der Waals surface area contributed by atoms with Gasteiger partial charge in [-0.05, 0) is 103 Å². The maximum absolute atomic E-state index is 2.40. The van der Waals surface area contributed by atoms with Gasteiger partial charge in [-0.2, -0.15) is 0 Å². The Balaban J connectivity index is 1.21. The van der Waals surface area contributed by atoms with Gasteiger partial charge in [-0.1, -0.05) is 170 Å². The lowest BCUT2D eigenvalue weighted by molar-refractivity contribution is 1.28. The molecule has 51 heavy (non-hydrogen) atoms. The highest BCUT2D eigenvalue weighted by molar-refractivity contribution is 6.13. The molecule has 0 fully saturated rings. The van der Waals surface area contributed by atoms with Crippen LogP contribution in [0.2, 0.25) is 0 Å². The predicted octanol–water partition coefficient (Wildman–Crippen LogP) is 14.1. The lowest BCUT2D eigenvalue weighted by Crippen LogP contribution is -2.11. The van der Waals surface area contributed by atoms with Crippen LogP contribution in [0.15, 0.2) is 212 Å². The van der Waals surface area contributed by atoms with Crippen molar-refractivity contribution in [2.24, 2.45) is 0 Å². The molecule has 0 amide bonds. The third-order valence-electron chi connectivity index (χ3n) is 9.87. The van der Waals surface area contributed by atoms with Crippen LogP contribution in [0.1, 0.15) is 0 Å². The molecule has 0 bridgehead atoms. The van der Waals surface area contributed by atoms with E-state index < -0.39 is 0 Å². The van der Waals surface area contributed by atoms with Crippen molar-refractivity contribution in [3.63, 3.8) is 0 Å². The van der Waals surface area contributed by atoms with Gasteiger partial charge in [-0.3, -0.25) is 0 Å². The van der Waals surface area contributed by atoms with Gasteiger partial charge in [-0.25, -0.2) is 0 Å². The summed E-state index contributed by atoms with van der Waals surface area (Å²) < 4.78 is 0. The van der Waals surface area contributed by atoms with Gasteiger partial charge in [0.2, 0.25) is 0 Å². The molecule has 0 heterocycles. The molecular formula is C50H35N. The topological polar surface area (TPSA) is 3.24 Å². The summed E-state index contributed by atoms with van der Waals surface area (Å²) in [5.41, 5.74) is 12.9. The molecule has 240 valence electrons. The van der Waals surface area contributed by atoms with Crippen molar-refractivity contribution < 1.29 is 0 Å². The predicted molar refractivity (Wildman–Crippen MR) is 218 cm³/mol. The zero-order valence-electron chi connectivity index (χ0n) is 28.2. The second-order valence-corrected chi connectivity index (χ2v) is 13.0. The normalized spacial score (nSPS) is 11.1. The number of nitrogens with zero attached hydrogens (tertiary/aromatic N) is 1. The Kier molecular flexibility index (Phi) is 7.92. The van der Waals surface area contributed by atoms with Gasteiger partial charge >= 0.3 is 0 Å². The summed E-state index contributed by atoms with van der Waals surface area (Å²) in [7, 11) is 0. The van der Waals surface area contributed by atoms with Gasteiger partial charge in [0.15, 0.2) is 0 Å². The summed E-state index contributed by atoms with van der Waals surface area (Å²) >= 11 is 0. The lowest BCUT2D eigenvalue weighted by Gasteiger charge is -2.29. The summed E-state index contributed by atoms with van der Waals surface area (Å²) in [6.45, 7) is 0. The highest BCUT2D eigenvalue weighted by Crippen LogP contribution is 2.44. The highest BCUT2D eigenvalue weighted by Gasteiger charge is 2.19. The van der Waals surface area contributed by atoms with Crippen LogP contribution in [0.25, 0.3) is 66.1 Å². The number of benzene rings is 9. The maximum atomic E-state index is 2.40. The van der Waals surface area contributed by atoms with E-state index >= 15 is 0 Å². The number of rotatable bonds is 7. The Morgan fingerprint density at radius 1 is 0.255 bits per heavy atom. The van der Waals surface area contributed by atoms with Gasteiger partial charge in [0.05, 0.1) is 5.69 Å². The Morgan fingerprint density at radius 2 is 0.686 bits per heavy atom. The zero-order chi connectivity index (χ0) is 34.0. The molecule has 0 saturated heterocycles. The quantitative estimate of drug-likeness (QED) is 0.155. The molecule has 0 aliphatic heterocycles. The fraction of sp³-hybridized carbons (Fsp3) is 0. The number of hydrogen-bond donors (Lipinski definition) is 0. The van der Waals surface area contributed by atoms with Gasteiger partial charge in [-0.15, -0.1) is 0 Å². The minimum atomic E-state index is 1.10. The molecule has 0 aliphatic carbocycles. The first-order valence-electron chi connectivity index (χ1n) is 17.5. The molecule has 1 nitrogen and oxygen atoms in total. The summed E-state index contributed by atoms with van der Waals surface area (Å²) in [6, 6.07) is 76.6. The van der Waals surface area contributed by atoms with Gasteiger partial charge in [0.1, 0.15) is 0 Å². The van der Waals surface area contributed by atoms with E-state index in [2.05, 4.69) is 217 Å². The van der Waals surface area contributed by atoms with Crippen molar-refractivity contribution in [2.75, 3.05) is 4.90 Å². The van der Waals surface area contributed by atoms with E-state index in [9.17, 15) is 0 Å². The Hall–Kier alpha value is -6.70. The van der Waals surface area contributed by atoms with Crippen LogP contribution >= 0.6 is 0 Å². The SMILES string of the molecule is c1ccc(-c2ccc(N(c3ccc(-c4cc5ccccc5c5ccccc45)cc3)c3ccc(-c4ccccc4)cc3-c3ccccc3)cc2)cc1. The van der Waals surface area contributed by atoms with Crippen LogP contribution in [-0.2, 0) is 0 Å². The monoisotopic (exact) mass is 649 g/mol. The second-order valence-electron chi connectivity index (χ2n) is 13.0. The van der Waals surface area contributed by atoms with Crippen LogP contribution in [0, 0.1) is 0 Å². The fourth-order valence-electron chi connectivity index (χ4n) is 7.33. The highest BCUT2D eigenvalue weighted by atomic mass is 15.1. The molecule has 0 saturated carbocycles. The Labute approximate surface area is 299 Å². The van der Waals surface area contributed by atoms with Crippen molar-refractivity contribution in [1.29, 1.82) is 0 Å². The molecule has 0 aromatic heterocycles. The van der Waals surface area contributed by atoms with E-state index in [0.717, 1.165) is 17.1 Å². The average molecular weight is 650 g/mol. The van der Waals surface area contributed by atoms with Crippen molar-refractivity contribution in [3.8, 4) is 44.5 Å². The Bertz CT molecular complexity index is 2590. The standard InChI is InChI=1S/C50H35N/c1-4-14-36(15-5-1)38-24-29-43(30-25-38)51(50-33-28-41(37-16-6-2-7-17-37)34-49(50)39-18-8-3-9-19-39)44-31-26-40(27-32-44)48-35-42-20-10-11-21-45(42)46-22-12-13-23-47(46)48/h1-35H. The van der Waals surface area contributed by atoms with E-state index in [1.165, 1.54) is 66.1 Å². The minimum absolute atomic E-state index is 1.10. The number of fused-ring (bicyclic) bond motifs is 3. The fourth-order valence-corrected chi connectivity index (χ4v) is 7.33. The number of hydrogen-bond acceptors (Lipinski definition) is 1. The average Bonchev–Trinajstić information content (AvgIpc) is 3.22. The lowest BCUT2D eigenvalue weighted by atomic mass is 9.93. The smallest absolute Gasteiger partial charge is 0.0540 e. The molecule has 9 rings (SSSR count). The maximum Gasteiger partial charge on any atom is 0.0540 e. The Morgan fingerprint density at radius 3 is 1.31 bits per heavy atom. The molecule has 0 spiro atoms. The van der Waals surface area contributed by atoms with Crippen LogP contribution in [0.3, 0.4) is 0 Å². The minimum Gasteiger partial charge on any atom is -0.310 e. The summed E-state index contributed by atoms with van der Waals surface area (Å²) in [5.74, 6) is 0.